The maximum absolute atomic E-state index is 11.7. The highest BCUT2D eigenvalue weighted by Gasteiger charge is 2.16. The van der Waals surface area contributed by atoms with Crippen molar-refractivity contribution in [3.05, 3.63) is 0 Å². The topological polar surface area (TPSA) is 32.7 Å². The van der Waals surface area contributed by atoms with Gasteiger partial charge in [0.15, 0.2) is 0 Å². The molecule has 1 fully saturated rings. The molecule has 1 aliphatic heterocycles. The first-order valence-corrected chi connectivity index (χ1v) is 4.01. The molecule has 0 amide bonds. The molecule has 1 rings (SSSR count). The largest absolute Gasteiger partial charge is 0.396 e. The van der Waals surface area contributed by atoms with Crippen molar-refractivity contribution in [3.63, 3.8) is 0 Å². The highest BCUT2D eigenvalue weighted by molar-refractivity contribution is 4.64. The summed E-state index contributed by atoms with van der Waals surface area (Å²) in [6.07, 6.45) is 2.69. The highest BCUT2D eigenvalue weighted by atomic mass is 19.3. The van der Waals surface area contributed by atoms with Gasteiger partial charge in [-0.25, -0.2) is 0 Å². The maximum Gasteiger partial charge on any atom is 0.0459 e. The SMILES string of the molecule is OCC1CCCN(OF)CC1. The van der Waals surface area contributed by atoms with Crippen molar-refractivity contribution in [1.29, 1.82) is 0 Å². The average molecular weight is 163 g/mol. The first-order chi connectivity index (χ1) is 5.36. The number of hydroxylamine groups is 2. The Morgan fingerprint density at radius 3 is 2.91 bits per heavy atom. The van der Waals surface area contributed by atoms with Crippen molar-refractivity contribution in [1.82, 2.24) is 5.06 Å². The lowest BCUT2D eigenvalue weighted by Gasteiger charge is -2.11. The van der Waals surface area contributed by atoms with E-state index in [0.29, 0.717) is 19.0 Å². The fourth-order valence-electron chi connectivity index (χ4n) is 1.39. The van der Waals surface area contributed by atoms with Gasteiger partial charge in [0.1, 0.15) is 0 Å². The molecule has 1 aliphatic rings. The zero-order valence-electron chi connectivity index (χ0n) is 6.50. The number of aliphatic hydroxyl groups is 1. The Kier molecular flexibility index (Phi) is 3.76. The molecule has 1 saturated heterocycles. The highest BCUT2D eigenvalue weighted by Crippen LogP contribution is 2.16. The summed E-state index contributed by atoms with van der Waals surface area (Å²) in [5, 5.41) is 13.7. The minimum absolute atomic E-state index is 0.208. The predicted molar refractivity (Wildman–Crippen MR) is 38.2 cm³/mol. The normalized spacial score (nSPS) is 28.4. The van der Waals surface area contributed by atoms with Crippen molar-refractivity contribution in [2.45, 2.75) is 19.3 Å². The van der Waals surface area contributed by atoms with Crippen LogP contribution in [0.15, 0.2) is 0 Å². The molecule has 0 aromatic rings. The predicted octanol–water partition coefficient (Wildman–Crippen LogP) is 0.897. The summed E-state index contributed by atoms with van der Waals surface area (Å²) < 4.78 is 11.7. The van der Waals surface area contributed by atoms with E-state index in [1.54, 1.807) is 0 Å². The van der Waals surface area contributed by atoms with E-state index in [0.717, 1.165) is 19.3 Å². The van der Waals surface area contributed by atoms with Crippen LogP contribution in [0.5, 0.6) is 0 Å². The van der Waals surface area contributed by atoms with Gasteiger partial charge < -0.3 is 5.11 Å². The minimum Gasteiger partial charge on any atom is -0.396 e. The number of aliphatic hydroxyl groups excluding tert-OH is 1. The first-order valence-electron chi connectivity index (χ1n) is 4.01. The molecular weight excluding hydrogens is 149 g/mol. The van der Waals surface area contributed by atoms with E-state index >= 15 is 0 Å². The van der Waals surface area contributed by atoms with E-state index < -0.39 is 0 Å². The van der Waals surface area contributed by atoms with Crippen LogP contribution in [0.4, 0.5) is 4.53 Å². The molecule has 1 N–H and O–H groups in total. The molecule has 1 heterocycles. The second-order valence-electron chi connectivity index (χ2n) is 2.98. The van der Waals surface area contributed by atoms with Gasteiger partial charge in [0, 0.05) is 19.7 Å². The zero-order valence-corrected chi connectivity index (χ0v) is 6.50. The number of hydrogen-bond donors (Lipinski definition) is 1. The number of nitrogens with zero attached hydrogens (tertiary/aromatic N) is 1. The van der Waals surface area contributed by atoms with Crippen LogP contribution in [-0.2, 0) is 5.04 Å². The Hall–Kier alpha value is -0.190. The van der Waals surface area contributed by atoms with Crippen molar-refractivity contribution in [2.75, 3.05) is 19.7 Å². The van der Waals surface area contributed by atoms with Gasteiger partial charge in [-0.15, -0.1) is 0 Å². The molecule has 1 unspecified atom stereocenters. The lowest BCUT2D eigenvalue weighted by atomic mass is 10.0. The first kappa shape index (κ1) is 8.90. The van der Waals surface area contributed by atoms with E-state index in [1.165, 1.54) is 5.06 Å². The third kappa shape index (κ3) is 2.73. The van der Waals surface area contributed by atoms with Crippen molar-refractivity contribution >= 4 is 0 Å². The van der Waals surface area contributed by atoms with Crippen LogP contribution in [0.25, 0.3) is 0 Å². The van der Waals surface area contributed by atoms with E-state index in [9.17, 15) is 4.53 Å². The molecule has 1 atom stereocenters. The Labute approximate surface area is 65.6 Å². The molecule has 0 aromatic carbocycles. The van der Waals surface area contributed by atoms with Crippen molar-refractivity contribution in [3.8, 4) is 0 Å². The van der Waals surface area contributed by atoms with Gasteiger partial charge in [-0.1, -0.05) is 5.04 Å². The molecule has 11 heavy (non-hydrogen) atoms. The van der Waals surface area contributed by atoms with Crippen molar-refractivity contribution in [2.24, 2.45) is 5.92 Å². The summed E-state index contributed by atoms with van der Waals surface area (Å²) in [6, 6.07) is 0. The quantitative estimate of drug-likeness (QED) is 0.656. The van der Waals surface area contributed by atoms with Gasteiger partial charge in [0.25, 0.3) is 0 Å². The van der Waals surface area contributed by atoms with Crippen LogP contribution in [0.3, 0.4) is 0 Å². The summed E-state index contributed by atoms with van der Waals surface area (Å²) in [5.74, 6) is 0.329. The molecule has 0 radical (unpaired) electrons. The molecule has 0 bridgehead atoms. The maximum atomic E-state index is 11.7. The van der Waals surface area contributed by atoms with Gasteiger partial charge in [0.05, 0.1) is 0 Å². The zero-order chi connectivity index (χ0) is 8.10. The van der Waals surface area contributed by atoms with Gasteiger partial charge >= 0.3 is 0 Å². The number of halogens is 1. The van der Waals surface area contributed by atoms with E-state index in [-0.39, 0.29) is 6.61 Å². The van der Waals surface area contributed by atoms with Crippen LogP contribution in [0, 0.1) is 5.92 Å². The van der Waals surface area contributed by atoms with Crippen LogP contribution < -0.4 is 0 Å². The molecule has 66 valence electrons. The average Bonchev–Trinajstić information content (AvgIpc) is 2.28. The Bertz CT molecular complexity index is 101. The number of hydrogen-bond acceptors (Lipinski definition) is 3. The monoisotopic (exact) mass is 163 g/mol. The Morgan fingerprint density at radius 1 is 1.45 bits per heavy atom. The summed E-state index contributed by atoms with van der Waals surface area (Å²) in [5.41, 5.74) is 0. The molecule has 0 spiro atoms. The standard InChI is InChI=1S/C7H14FNO2/c8-11-9-4-1-2-7(6-10)3-5-9/h7,10H,1-6H2. The second kappa shape index (κ2) is 4.64. The van der Waals surface area contributed by atoms with Crippen LogP contribution in [-0.4, -0.2) is 29.9 Å². The summed E-state index contributed by atoms with van der Waals surface area (Å²) in [4.78, 5) is 0. The van der Waals surface area contributed by atoms with Gasteiger partial charge in [-0.3, -0.25) is 0 Å². The van der Waals surface area contributed by atoms with Crippen LogP contribution >= 0.6 is 0 Å². The smallest absolute Gasteiger partial charge is 0.0459 e. The lowest BCUT2D eigenvalue weighted by Crippen LogP contribution is -2.21. The Morgan fingerprint density at radius 2 is 2.27 bits per heavy atom. The fourth-order valence-corrected chi connectivity index (χ4v) is 1.39. The van der Waals surface area contributed by atoms with Gasteiger partial charge in [-0.2, -0.15) is 5.06 Å². The third-order valence-corrected chi connectivity index (χ3v) is 2.16. The van der Waals surface area contributed by atoms with Crippen molar-refractivity contribution < 1.29 is 14.7 Å². The Balaban J connectivity index is 2.27. The molecule has 0 saturated carbocycles. The number of rotatable bonds is 2. The minimum atomic E-state index is 0.208. The fraction of sp³-hybridized carbons (Fsp3) is 1.00. The molecular formula is C7H14FNO2. The van der Waals surface area contributed by atoms with E-state index in [1.807, 2.05) is 0 Å². The third-order valence-electron chi connectivity index (χ3n) is 2.16. The van der Waals surface area contributed by atoms with Gasteiger partial charge in [0.2, 0.25) is 0 Å². The van der Waals surface area contributed by atoms with E-state index in [4.69, 9.17) is 5.11 Å². The molecule has 0 aromatic heterocycles. The van der Waals surface area contributed by atoms with Crippen LogP contribution in [0.1, 0.15) is 19.3 Å². The molecule has 3 nitrogen and oxygen atoms in total. The molecule has 4 heteroatoms. The van der Waals surface area contributed by atoms with E-state index in [2.05, 4.69) is 5.04 Å². The second-order valence-corrected chi connectivity index (χ2v) is 2.98. The van der Waals surface area contributed by atoms with Crippen LogP contribution in [0.2, 0.25) is 0 Å². The summed E-state index contributed by atoms with van der Waals surface area (Å²) in [7, 11) is 0. The summed E-state index contributed by atoms with van der Waals surface area (Å²) >= 11 is 0. The molecule has 0 aliphatic carbocycles. The lowest BCUT2D eigenvalue weighted by molar-refractivity contribution is -0.321. The summed E-state index contributed by atoms with van der Waals surface area (Å²) in [6.45, 7) is 1.43. The van der Waals surface area contributed by atoms with Gasteiger partial charge in [-0.05, 0) is 29.7 Å².